The van der Waals surface area contributed by atoms with E-state index in [0.29, 0.717) is 16.1 Å². The first-order valence-electron chi connectivity index (χ1n) is 5.99. The molecule has 1 saturated heterocycles. The van der Waals surface area contributed by atoms with Crippen LogP contribution in [0.5, 0.6) is 0 Å². The van der Waals surface area contributed by atoms with Gasteiger partial charge in [-0.3, -0.25) is 0 Å². The second-order valence-electron chi connectivity index (χ2n) is 4.64. The van der Waals surface area contributed by atoms with Crippen LogP contribution in [0.25, 0.3) is 0 Å². The standard InChI is InChI=1S/C13H19FN2S/c1-9-7-16(8-10(2)17-9)12-4-3-11(6-15)13(14)5-12/h3-5,9-10H,6-8,15H2,1-2H3. The topological polar surface area (TPSA) is 29.3 Å². The Morgan fingerprint density at radius 1 is 1.35 bits per heavy atom. The summed E-state index contributed by atoms with van der Waals surface area (Å²) in [6.45, 7) is 6.66. The van der Waals surface area contributed by atoms with Gasteiger partial charge in [0.2, 0.25) is 0 Å². The summed E-state index contributed by atoms with van der Waals surface area (Å²) in [5.74, 6) is -0.191. The molecule has 1 aromatic rings. The average molecular weight is 254 g/mol. The van der Waals surface area contributed by atoms with Gasteiger partial charge >= 0.3 is 0 Å². The smallest absolute Gasteiger partial charge is 0.129 e. The first-order chi connectivity index (χ1) is 8.10. The first kappa shape index (κ1) is 12.7. The lowest BCUT2D eigenvalue weighted by Crippen LogP contribution is -2.40. The molecule has 2 atom stereocenters. The summed E-state index contributed by atoms with van der Waals surface area (Å²) in [6.07, 6.45) is 0. The van der Waals surface area contributed by atoms with Crippen molar-refractivity contribution in [3.05, 3.63) is 29.6 Å². The molecule has 1 aromatic carbocycles. The number of nitrogens with two attached hydrogens (primary N) is 1. The quantitative estimate of drug-likeness (QED) is 0.879. The van der Waals surface area contributed by atoms with Crippen LogP contribution in [0.2, 0.25) is 0 Å². The largest absolute Gasteiger partial charge is 0.369 e. The van der Waals surface area contributed by atoms with Crippen molar-refractivity contribution in [2.75, 3.05) is 18.0 Å². The lowest BCUT2D eigenvalue weighted by Gasteiger charge is -2.36. The Hall–Kier alpha value is -0.740. The lowest BCUT2D eigenvalue weighted by molar-refractivity contribution is 0.608. The summed E-state index contributed by atoms with van der Waals surface area (Å²) in [5.41, 5.74) is 7.02. The van der Waals surface area contributed by atoms with Crippen LogP contribution in [0.3, 0.4) is 0 Å². The summed E-state index contributed by atoms with van der Waals surface area (Å²) in [7, 11) is 0. The van der Waals surface area contributed by atoms with Gasteiger partial charge in [-0.05, 0) is 12.1 Å². The summed E-state index contributed by atoms with van der Waals surface area (Å²) in [4.78, 5) is 2.26. The van der Waals surface area contributed by atoms with E-state index in [2.05, 4.69) is 18.7 Å². The van der Waals surface area contributed by atoms with E-state index < -0.39 is 0 Å². The van der Waals surface area contributed by atoms with Crippen LogP contribution in [0.15, 0.2) is 18.2 Å². The predicted octanol–water partition coefficient (Wildman–Crippen LogP) is 2.61. The van der Waals surface area contributed by atoms with Gasteiger partial charge in [-0.1, -0.05) is 19.9 Å². The SMILES string of the molecule is CC1CN(c2ccc(CN)c(F)c2)CC(C)S1. The normalized spacial score (nSPS) is 25.1. The summed E-state index contributed by atoms with van der Waals surface area (Å²) in [6, 6.07) is 5.38. The molecule has 0 saturated carbocycles. The Bertz CT molecular complexity index is 387. The molecule has 2 nitrogen and oxygen atoms in total. The van der Waals surface area contributed by atoms with Crippen LogP contribution < -0.4 is 10.6 Å². The van der Waals surface area contributed by atoms with Gasteiger partial charge in [-0.2, -0.15) is 11.8 Å². The third-order valence-corrected chi connectivity index (χ3v) is 4.27. The van der Waals surface area contributed by atoms with Gasteiger partial charge in [0, 0.05) is 41.4 Å². The Balaban J connectivity index is 2.19. The van der Waals surface area contributed by atoms with Crippen molar-refractivity contribution in [3.8, 4) is 0 Å². The number of hydrogen-bond donors (Lipinski definition) is 1. The van der Waals surface area contributed by atoms with E-state index in [4.69, 9.17) is 5.73 Å². The number of halogens is 1. The second-order valence-corrected chi connectivity index (χ2v) is 6.52. The minimum absolute atomic E-state index is 0.191. The number of anilines is 1. The van der Waals surface area contributed by atoms with Crippen LogP contribution in [-0.2, 0) is 6.54 Å². The van der Waals surface area contributed by atoms with Gasteiger partial charge < -0.3 is 10.6 Å². The minimum Gasteiger partial charge on any atom is -0.369 e. The third kappa shape index (κ3) is 2.93. The third-order valence-electron chi connectivity index (χ3n) is 3.04. The molecule has 17 heavy (non-hydrogen) atoms. The highest BCUT2D eigenvalue weighted by Crippen LogP contribution is 2.29. The molecular formula is C13H19FN2S. The van der Waals surface area contributed by atoms with Crippen LogP contribution in [0.1, 0.15) is 19.4 Å². The molecule has 2 unspecified atom stereocenters. The summed E-state index contributed by atoms with van der Waals surface area (Å²) < 4.78 is 13.7. The van der Waals surface area contributed by atoms with Gasteiger partial charge in [0.25, 0.3) is 0 Å². The highest BCUT2D eigenvalue weighted by atomic mass is 32.2. The number of hydrogen-bond acceptors (Lipinski definition) is 3. The van der Waals surface area contributed by atoms with Crippen molar-refractivity contribution >= 4 is 17.4 Å². The maximum Gasteiger partial charge on any atom is 0.129 e. The van der Waals surface area contributed by atoms with Crippen LogP contribution >= 0.6 is 11.8 Å². The number of thioether (sulfide) groups is 1. The highest BCUT2D eigenvalue weighted by Gasteiger charge is 2.22. The van der Waals surface area contributed by atoms with Gasteiger partial charge in [0.1, 0.15) is 5.82 Å². The van der Waals surface area contributed by atoms with E-state index in [9.17, 15) is 4.39 Å². The molecule has 0 spiro atoms. The zero-order chi connectivity index (χ0) is 12.4. The van der Waals surface area contributed by atoms with Gasteiger partial charge in [0.05, 0.1) is 0 Å². The molecule has 4 heteroatoms. The van der Waals surface area contributed by atoms with Crippen molar-refractivity contribution in [1.82, 2.24) is 0 Å². The number of rotatable bonds is 2. The van der Waals surface area contributed by atoms with E-state index in [-0.39, 0.29) is 12.4 Å². The van der Waals surface area contributed by atoms with Gasteiger partial charge in [0.15, 0.2) is 0 Å². The zero-order valence-corrected chi connectivity index (χ0v) is 11.1. The second kappa shape index (κ2) is 5.27. The molecular weight excluding hydrogens is 235 g/mol. The fourth-order valence-corrected chi connectivity index (χ4v) is 3.61. The predicted molar refractivity (Wildman–Crippen MR) is 73.0 cm³/mol. The molecule has 0 radical (unpaired) electrons. The number of nitrogens with zero attached hydrogens (tertiary/aromatic N) is 1. The average Bonchev–Trinajstić information content (AvgIpc) is 2.27. The molecule has 0 aromatic heterocycles. The molecule has 2 N–H and O–H groups in total. The maximum absolute atomic E-state index is 13.7. The van der Waals surface area contributed by atoms with Crippen LogP contribution in [0.4, 0.5) is 10.1 Å². The van der Waals surface area contributed by atoms with Crippen molar-refractivity contribution in [1.29, 1.82) is 0 Å². The highest BCUT2D eigenvalue weighted by molar-refractivity contribution is 8.00. The monoisotopic (exact) mass is 254 g/mol. The minimum atomic E-state index is -0.191. The molecule has 1 aliphatic heterocycles. The molecule has 0 bridgehead atoms. The van der Waals surface area contributed by atoms with E-state index >= 15 is 0 Å². The van der Waals surface area contributed by atoms with E-state index in [0.717, 1.165) is 18.8 Å². The Kier molecular flexibility index (Phi) is 3.94. The fraction of sp³-hybridized carbons (Fsp3) is 0.538. The fourth-order valence-electron chi connectivity index (χ4n) is 2.29. The zero-order valence-electron chi connectivity index (χ0n) is 10.3. The summed E-state index contributed by atoms with van der Waals surface area (Å²) in [5, 5.41) is 1.19. The molecule has 1 aliphatic rings. The molecule has 1 fully saturated rings. The maximum atomic E-state index is 13.7. The molecule has 0 aliphatic carbocycles. The van der Waals surface area contributed by atoms with E-state index in [1.807, 2.05) is 17.8 Å². The van der Waals surface area contributed by atoms with E-state index in [1.165, 1.54) is 0 Å². The van der Waals surface area contributed by atoms with Crippen LogP contribution in [0, 0.1) is 5.82 Å². The van der Waals surface area contributed by atoms with Crippen molar-refractivity contribution in [2.45, 2.75) is 30.9 Å². The molecule has 1 heterocycles. The first-order valence-corrected chi connectivity index (χ1v) is 6.93. The Labute approximate surface area is 106 Å². The van der Waals surface area contributed by atoms with Crippen molar-refractivity contribution < 1.29 is 4.39 Å². The van der Waals surface area contributed by atoms with Gasteiger partial charge in [-0.25, -0.2) is 4.39 Å². The summed E-state index contributed by atoms with van der Waals surface area (Å²) >= 11 is 2.00. The van der Waals surface area contributed by atoms with Crippen molar-refractivity contribution in [2.24, 2.45) is 5.73 Å². The number of benzene rings is 1. The van der Waals surface area contributed by atoms with Crippen molar-refractivity contribution in [3.63, 3.8) is 0 Å². The molecule has 94 valence electrons. The molecule has 2 rings (SSSR count). The lowest BCUT2D eigenvalue weighted by atomic mass is 10.1. The van der Waals surface area contributed by atoms with Gasteiger partial charge in [-0.15, -0.1) is 0 Å². The Morgan fingerprint density at radius 2 is 2.00 bits per heavy atom. The van der Waals surface area contributed by atoms with Crippen LogP contribution in [-0.4, -0.2) is 23.6 Å². The molecule has 0 amide bonds. The van der Waals surface area contributed by atoms with E-state index in [1.54, 1.807) is 12.1 Å². The Morgan fingerprint density at radius 3 is 2.53 bits per heavy atom.